The largest absolute Gasteiger partial charge is 0.335 e. The molecule has 0 atom stereocenters. The number of nitrogens with two attached hydrogens (primary N) is 1. The van der Waals surface area contributed by atoms with Gasteiger partial charge in [0.15, 0.2) is 11.0 Å². The highest BCUT2D eigenvalue weighted by Crippen LogP contribution is 2.28. The highest BCUT2D eigenvalue weighted by molar-refractivity contribution is 7.98. The van der Waals surface area contributed by atoms with Crippen LogP contribution in [0, 0.1) is 13.8 Å². The number of anilines is 2. The molecule has 0 unspecified atom stereocenters. The zero-order valence-electron chi connectivity index (χ0n) is 15.9. The van der Waals surface area contributed by atoms with Crippen LogP contribution in [0.3, 0.4) is 0 Å². The van der Waals surface area contributed by atoms with E-state index in [1.54, 1.807) is 23.5 Å². The number of rotatable bonds is 6. The number of aromatic nitrogens is 4. The van der Waals surface area contributed by atoms with E-state index in [9.17, 15) is 0 Å². The normalized spacial score (nSPS) is 11.0. The van der Waals surface area contributed by atoms with E-state index in [1.165, 1.54) is 27.6 Å². The number of aryl methyl sites for hydroxylation is 2. The van der Waals surface area contributed by atoms with Crippen molar-refractivity contribution in [2.24, 2.45) is 0 Å². The number of hydrogen-bond donors (Lipinski definition) is 2. The summed E-state index contributed by atoms with van der Waals surface area (Å²) < 4.78 is 1.49. The van der Waals surface area contributed by atoms with Gasteiger partial charge in [0.25, 0.3) is 0 Å². The van der Waals surface area contributed by atoms with Crippen molar-refractivity contribution in [2.45, 2.75) is 24.8 Å². The lowest BCUT2D eigenvalue weighted by atomic mass is 10.1. The summed E-state index contributed by atoms with van der Waals surface area (Å²) in [6, 6.07) is 13.6. The van der Waals surface area contributed by atoms with Gasteiger partial charge in [-0.25, -0.2) is 9.66 Å². The number of thiazole rings is 1. The van der Waals surface area contributed by atoms with Crippen molar-refractivity contribution < 1.29 is 0 Å². The lowest BCUT2D eigenvalue weighted by Gasteiger charge is -2.05. The van der Waals surface area contributed by atoms with Crippen LogP contribution in [0.2, 0.25) is 5.02 Å². The summed E-state index contributed by atoms with van der Waals surface area (Å²) in [4.78, 5) is 4.65. The maximum Gasteiger partial charge on any atom is 0.210 e. The van der Waals surface area contributed by atoms with Crippen molar-refractivity contribution in [3.63, 3.8) is 0 Å². The Bertz CT molecular complexity index is 1140. The average Bonchev–Trinajstić information content (AvgIpc) is 3.30. The van der Waals surface area contributed by atoms with Gasteiger partial charge in [0.1, 0.15) is 0 Å². The maximum atomic E-state index is 6.18. The van der Waals surface area contributed by atoms with Gasteiger partial charge in [-0.3, -0.25) is 0 Å². The van der Waals surface area contributed by atoms with Crippen LogP contribution in [0.4, 0.5) is 10.8 Å². The molecule has 2 aromatic heterocycles. The molecule has 2 aromatic carbocycles. The van der Waals surface area contributed by atoms with E-state index in [1.807, 2.05) is 17.5 Å². The second kappa shape index (κ2) is 8.44. The topological polar surface area (TPSA) is 81.7 Å². The minimum Gasteiger partial charge on any atom is -0.335 e. The van der Waals surface area contributed by atoms with Crippen molar-refractivity contribution in [3.05, 3.63) is 69.7 Å². The smallest absolute Gasteiger partial charge is 0.210 e. The van der Waals surface area contributed by atoms with E-state index < -0.39 is 0 Å². The molecule has 3 N–H and O–H groups in total. The van der Waals surface area contributed by atoms with Crippen molar-refractivity contribution in [3.8, 4) is 11.4 Å². The third-order valence-corrected chi connectivity index (χ3v) is 6.46. The number of hydrogen-bond acceptors (Lipinski definition) is 7. The zero-order valence-corrected chi connectivity index (χ0v) is 18.3. The average molecular weight is 443 g/mol. The Balaban J connectivity index is 1.41. The lowest BCUT2D eigenvalue weighted by Crippen LogP contribution is -2.11. The van der Waals surface area contributed by atoms with Crippen LogP contribution in [0.25, 0.3) is 11.4 Å². The summed E-state index contributed by atoms with van der Waals surface area (Å²) in [6.45, 7) is 4.21. The number of nitrogens with zero attached hydrogens (tertiary/aromatic N) is 4. The molecule has 4 rings (SSSR count). The van der Waals surface area contributed by atoms with E-state index >= 15 is 0 Å². The molecule has 2 heterocycles. The molecule has 29 heavy (non-hydrogen) atoms. The number of nitrogen functional groups attached to an aromatic ring is 1. The molecule has 0 bridgehead atoms. The Hall–Kier alpha value is -2.55. The lowest BCUT2D eigenvalue weighted by molar-refractivity contribution is 0.849. The molecule has 0 spiro atoms. The van der Waals surface area contributed by atoms with Gasteiger partial charge < -0.3 is 11.2 Å². The fourth-order valence-corrected chi connectivity index (χ4v) is 4.39. The first-order valence-corrected chi connectivity index (χ1v) is 11.1. The van der Waals surface area contributed by atoms with E-state index in [0.29, 0.717) is 21.8 Å². The van der Waals surface area contributed by atoms with Gasteiger partial charge >= 0.3 is 0 Å². The van der Waals surface area contributed by atoms with Crippen LogP contribution in [-0.4, -0.2) is 19.9 Å². The first kappa shape index (κ1) is 19.8. The maximum absolute atomic E-state index is 6.18. The van der Waals surface area contributed by atoms with Crippen LogP contribution >= 0.6 is 34.7 Å². The third-order valence-electron chi connectivity index (χ3n) is 4.43. The summed E-state index contributed by atoms with van der Waals surface area (Å²) in [5.41, 5.74) is 5.39. The summed E-state index contributed by atoms with van der Waals surface area (Å²) >= 11 is 9.01. The standard InChI is InChI=1S/C20H19ClN6S2/c1-12-3-8-16(9-13(12)2)23-19-24-17(10-28-19)11-29-20-26-25-18(27(20)22)14-4-6-15(21)7-5-14/h3-10H,11,22H2,1-2H3,(H,23,24). The molecule has 0 amide bonds. The van der Waals surface area contributed by atoms with Gasteiger partial charge in [0, 0.05) is 27.4 Å². The van der Waals surface area contributed by atoms with Crippen LogP contribution < -0.4 is 11.2 Å². The molecule has 148 valence electrons. The summed E-state index contributed by atoms with van der Waals surface area (Å²) in [5, 5.41) is 16.0. The predicted molar refractivity (Wildman–Crippen MR) is 121 cm³/mol. The number of nitrogens with one attached hydrogen (secondary N) is 1. The Morgan fingerprint density at radius 2 is 1.90 bits per heavy atom. The molecule has 0 aliphatic heterocycles. The van der Waals surface area contributed by atoms with Crippen molar-refractivity contribution >= 4 is 45.5 Å². The molecule has 0 aliphatic rings. The minimum absolute atomic E-state index is 0.597. The number of halogens is 1. The van der Waals surface area contributed by atoms with Gasteiger partial charge in [0.2, 0.25) is 5.16 Å². The Labute approximate surface area is 182 Å². The van der Waals surface area contributed by atoms with E-state index in [2.05, 4.69) is 52.5 Å². The summed E-state index contributed by atoms with van der Waals surface area (Å²) in [7, 11) is 0. The molecule has 0 saturated heterocycles. The Morgan fingerprint density at radius 3 is 2.66 bits per heavy atom. The van der Waals surface area contributed by atoms with Crippen molar-refractivity contribution in [1.82, 2.24) is 19.9 Å². The molecular formula is C20H19ClN6S2. The molecule has 4 aromatic rings. The van der Waals surface area contributed by atoms with Crippen molar-refractivity contribution in [2.75, 3.05) is 11.2 Å². The van der Waals surface area contributed by atoms with Crippen LogP contribution in [0.5, 0.6) is 0 Å². The predicted octanol–water partition coefficient (Wildman–Crippen LogP) is 5.42. The fraction of sp³-hybridized carbons (Fsp3) is 0.150. The Kier molecular flexibility index (Phi) is 5.75. The number of thioether (sulfide) groups is 1. The molecule has 0 aliphatic carbocycles. The van der Waals surface area contributed by atoms with Crippen LogP contribution in [-0.2, 0) is 5.75 Å². The summed E-state index contributed by atoms with van der Waals surface area (Å²) in [6.07, 6.45) is 0. The number of benzene rings is 2. The molecule has 9 heteroatoms. The second-order valence-corrected chi connectivity index (χ2v) is 8.78. The fourth-order valence-electron chi connectivity index (χ4n) is 2.68. The van der Waals surface area contributed by atoms with Crippen LogP contribution in [0.15, 0.2) is 53.0 Å². The van der Waals surface area contributed by atoms with Gasteiger partial charge in [-0.1, -0.05) is 29.4 Å². The summed E-state index contributed by atoms with van der Waals surface area (Å²) in [5.74, 6) is 7.43. The van der Waals surface area contributed by atoms with Crippen molar-refractivity contribution in [1.29, 1.82) is 0 Å². The first-order valence-electron chi connectivity index (χ1n) is 8.87. The van der Waals surface area contributed by atoms with E-state index in [4.69, 9.17) is 17.4 Å². The molecule has 0 saturated carbocycles. The monoisotopic (exact) mass is 442 g/mol. The zero-order chi connectivity index (χ0) is 20.4. The van der Waals surface area contributed by atoms with Gasteiger partial charge in [-0.05, 0) is 61.4 Å². The SMILES string of the molecule is Cc1ccc(Nc2nc(CSc3nnc(-c4ccc(Cl)cc4)n3N)cs2)cc1C. The highest BCUT2D eigenvalue weighted by atomic mass is 35.5. The van der Waals surface area contributed by atoms with Crippen LogP contribution in [0.1, 0.15) is 16.8 Å². The van der Waals surface area contributed by atoms with Gasteiger partial charge in [-0.15, -0.1) is 21.5 Å². The van der Waals surface area contributed by atoms with E-state index in [0.717, 1.165) is 22.1 Å². The molecule has 6 nitrogen and oxygen atoms in total. The molecular weight excluding hydrogens is 424 g/mol. The molecule has 0 radical (unpaired) electrons. The third kappa shape index (κ3) is 4.55. The quantitative estimate of drug-likeness (QED) is 0.306. The van der Waals surface area contributed by atoms with E-state index in [-0.39, 0.29) is 0 Å². The minimum atomic E-state index is 0.597. The Morgan fingerprint density at radius 1 is 1.10 bits per heavy atom. The first-order chi connectivity index (χ1) is 14.0. The second-order valence-electron chi connectivity index (χ2n) is 6.54. The highest BCUT2D eigenvalue weighted by Gasteiger charge is 2.13. The van der Waals surface area contributed by atoms with Gasteiger partial charge in [0.05, 0.1) is 5.69 Å². The van der Waals surface area contributed by atoms with Gasteiger partial charge in [-0.2, -0.15) is 0 Å². The molecule has 0 fully saturated rings.